The maximum Gasteiger partial charge on any atom is 0.359 e. The van der Waals surface area contributed by atoms with Crippen molar-refractivity contribution in [1.29, 1.82) is 0 Å². The standard InChI is InChI=1S/C11H14N4O2.2C2H6/c1-7-4-9(13-12-5-7)8-6-15(2)14-10(8)11(16)17-3;2*1-2/h4-6,12-13H,1-3H3;2*1-2H3. The summed E-state index contributed by atoms with van der Waals surface area (Å²) in [5, 5.41) is 4.10. The molecule has 1 aromatic rings. The highest BCUT2D eigenvalue weighted by atomic mass is 16.5. The molecule has 0 unspecified atom stereocenters. The first-order valence-corrected chi connectivity index (χ1v) is 7.14. The normalized spacial score (nSPS) is 12.1. The fraction of sp³-hybridized carbons (Fsp3) is 0.467. The van der Waals surface area contributed by atoms with Crippen molar-refractivity contribution in [3.8, 4) is 0 Å². The fourth-order valence-electron chi connectivity index (χ4n) is 1.61. The fourth-order valence-corrected chi connectivity index (χ4v) is 1.61. The Labute approximate surface area is 126 Å². The average molecular weight is 294 g/mol. The maximum absolute atomic E-state index is 11.6. The van der Waals surface area contributed by atoms with E-state index < -0.39 is 5.97 Å². The molecule has 0 amide bonds. The van der Waals surface area contributed by atoms with Crippen molar-refractivity contribution in [2.75, 3.05) is 7.11 Å². The number of carbonyl (C=O) groups excluding carboxylic acids is 1. The Kier molecular flexibility index (Phi) is 8.60. The van der Waals surface area contributed by atoms with Crippen molar-refractivity contribution >= 4 is 11.7 Å². The number of hydrogen-bond acceptors (Lipinski definition) is 5. The first kappa shape index (κ1) is 18.8. The van der Waals surface area contributed by atoms with Gasteiger partial charge >= 0.3 is 5.97 Å². The highest BCUT2D eigenvalue weighted by molar-refractivity contribution is 5.93. The molecule has 2 rings (SSSR count). The van der Waals surface area contributed by atoms with E-state index in [4.69, 9.17) is 4.74 Å². The molecule has 118 valence electrons. The van der Waals surface area contributed by atoms with Crippen LogP contribution in [0.15, 0.2) is 24.0 Å². The number of methoxy groups -OCH3 is 1. The largest absolute Gasteiger partial charge is 0.464 e. The molecule has 0 atom stereocenters. The number of aromatic nitrogens is 2. The Morgan fingerprint density at radius 2 is 1.90 bits per heavy atom. The van der Waals surface area contributed by atoms with Gasteiger partial charge in [0.2, 0.25) is 0 Å². The number of aryl methyl sites for hydroxylation is 1. The lowest BCUT2D eigenvalue weighted by atomic mass is 10.1. The quantitative estimate of drug-likeness (QED) is 0.821. The van der Waals surface area contributed by atoms with Gasteiger partial charge in [-0.05, 0) is 18.6 Å². The topological polar surface area (TPSA) is 68.2 Å². The van der Waals surface area contributed by atoms with Crippen LogP contribution < -0.4 is 10.9 Å². The highest BCUT2D eigenvalue weighted by Crippen LogP contribution is 2.19. The van der Waals surface area contributed by atoms with Gasteiger partial charge in [0.1, 0.15) is 0 Å². The van der Waals surface area contributed by atoms with E-state index in [0.717, 1.165) is 11.3 Å². The molecule has 2 heterocycles. The minimum Gasteiger partial charge on any atom is -0.464 e. The van der Waals surface area contributed by atoms with Crippen LogP contribution in [0.2, 0.25) is 0 Å². The summed E-state index contributed by atoms with van der Waals surface area (Å²) in [5.74, 6) is -0.449. The minimum atomic E-state index is -0.449. The highest BCUT2D eigenvalue weighted by Gasteiger charge is 2.20. The lowest BCUT2D eigenvalue weighted by Gasteiger charge is -2.15. The third-order valence-corrected chi connectivity index (χ3v) is 2.38. The van der Waals surface area contributed by atoms with Crippen LogP contribution in [0.5, 0.6) is 0 Å². The molecule has 0 radical (unpaired) electrons. The van der Waals surface area contributed by atoms with Crippen LogP contribution >= 0.6 is 0 Å². The first-order valence-electron chi connectivity index (χ1n) is 7.14. The van der Waals surface area contributed by atoms with Crippen molar-refractivity contribution in [1.82, 2.24) is 20.6 Å². The number of nitrogens with one attached hydrogen (secondary N) is 2. The Morgan fingerprint density at radius 1 is 1.29 bits per heavy atom. The summed E-state index contributed by atoms with van der Waals surface area (Å²) in [5.41, 5.74) is 8.73. The molecule has 0 spiro atoms. The summed E-state index contributed by atoms with van der Waals surface area (Å²) in [6, 6.07) is 0. The number of rotatable bonds is 2. The van der Waals surface area contributed by atoms with E-state index in [1.54, 1.807) is 17.9 Å². The lowest BCUT2D eigenvalue weighted by molar-refractivity contribution is 0.0592. The van der Waals surface area contributed by atoms with E-state index in [-0.39, 0.29) is 0 Å². The van der Waals surface area contributed by atoms with Crippen LogP contribution in [0.1, 0.15) is 50.7 Å². The first-order chi connectivity index (χ1) is 10.1. The summed E-state index contributed by atoms with van der Waals surface area (Å²) in [6.45, 7) is 9.96. The second kappa shape index (κ2) is 9.63. The van der Waals surface area contributed by atoms with Crippen molar-refractivity contribution in [2.24, 2.45) is 7.05 Å². The van der Waals surface area contributed by atoms with Crippen LogP contribution in [0.3, 0.4) is 0 Å². The molecule has 21 heavy (non-hydrogen) atoms. The van der Waals surface area contributed by atoms with Crippen LogP contribution in [-0.4, -0.2) is 22.9 Å². The summed E-state index contributed by atoms with van der Waals surface area (Å²) >= 11 is 0. The van der Waals surface area contributed by atoms with Crippen molar-refractivity contribution in [2.45, 2.75) is 34.6 Å². The molecule has 0 saturated heterocycles. The molecule has 0 saturated carbocycles. The van der Waals surface area contributed by atoms with E-state index in [9.17, 15) is 4.79 Å². The van der Waals surface area contributed by atoms with Gasteiger partial charge < -0.3 is 15.6 Å². The Morgan fingerprint density at radius 3 is 2.43 bits per heavy atom. The number of hydrazine groups is 1. The number of carbonyl (C=O) groups is 1. The van der Waals surface area contributed by atoms with Crippen molar-refractivity contribution < 1.29 is 9.53 Å². The van der Waals surface area contributed by atoms with E-state index >= 15 is 0 Å². The van der Waals surface area contributed by atoms with Gasteiger partial charge in [0.05, 0.1) is 18.4 Å². The molecule has 0 bridgehead atoms. The van der Waals surface area contributed by atoms with Gasteiger partial charge in [-0.2, -0.15) is 5.10 Å². The van der Waals surface area contributed by atoms with Crippen LogP contribution in [-0.2, 0) is 11.8 Å². The number of nitrogens with zero attached hydrogens (tertiary/aromatic N) is 2. The van der Waals surface area contributed by atoms with Crippen molar-refractivity contribution in [3.63, 3.8) is 0 Å². The number of esters is 1. The number of hydrogen-bond donors (Lipinski definition) is 2. The van der Waals surface area contributed by atoms with Gasteiger partial charge in [-0.3, -0.25) is 4.68 Å². The molecular formula is C15H26N4O2. The molecule has 0 aliphatic carbocycles. The van der Waals surface area contributed by atoms with Crippen LogP contribution in [0, 0.1) is 0 Å². The summed E-state index contributed by atoms with van der Waals surface area (Å²) in [7, 11) is 3.10. The zero-order valence-electron chi connectivity index (χ0n) is 13.9. The van der Waals surface area contributed by atoms with Crippen LogP contribution in [0.25, 0.3) is 5.70 Å². The summed E-state index contributed by atoms with van der Waals surface area (Å²) in [6.07, 6.45) is 5.53. The monoisotopic (exact) mass is 294 g/mol. The molecule has 1 aliphatic rings. The molecule has 1 aromatic heterocycles. The smallest absolute Gasteiger partial charge is 0.359 e. The Hall–Kier alpha value is -2.24. The molecule has 1 aliphatic heterocycles. The van der Waals surface area contributed by atoms with E-state index in [1.807, 2.05) is 46.9 Å². The van der Waals surface area contributed by atoms with Gasteiger partial charge in [0.25, 0.3) is 0 Å². The third-order valence-electron chi connectivity index (χ3n) is 2.38. The second-order valence-corrected chi connectivity index (χ2v) is 3.77. The SMILES string of the molecule is CC.CC.COC(=O)c1nn(C)cc1C1=CC(C)=CNN1. The number of allylic oxidation sites excluding steroid dienone is 2. The third kappa shape index (κ3) is 4.98. The minimum absolute atomic E-state index is 0.297. The van der Waals surface area contributed by atoms with Crippen molar-refractivity contribution in [3.05, 3.63) is 35.3 Å². The summed E-state index contributed by atoms with van der Waals surface area (Å²) in [4.78, 5) is 11.6. The van der Waals surface area contributed by atoms with Gasteiger partial charge in [-0.25, -0.2) is 4.79 Å². The van der Waals surface area contributed by atoms with Gasteiger partial charge in [0, 0.05) is 19.4 Å². The lowest BCUT2D eigenvalue weighted by Crippen LogP contribution is -2.28. The predicted molar refractivity (Wildman–Crippen MR) is 85.2 cm³/mol. The second-order valence-electron chi connectivity index (χ2n) is 3.77. The van der Waals surface area contributed by atoms with Gasteiger partial charge in [0.15, 0.2) is 5.69 Å². The van der Waals surface area contributed by atoms with E-state index in [2.05, 4.69) is 16.0 Å². The molecular weight excluding hydrogens is 268 g/mol. The maximum atomic E-state index is 11.6. The van der Waals surface area contributed by atoms with Crippen LogP contribution in [0.4, 0.5) is 0 Å². The average Bonchev–Trinajstić information content (AvgIpc) is 2.92. The molecule has 0 fully saturated rings. The van der Waals surface area contributed by atoms with E-state index in [1.165, 1.54) is 7.11 Å². The molecule has 6 heteroatoms. The molecule has 2 N–H and O–H groups in total. The summed E-state index contributed by atoms with van der Waals surface area (Å²) < 4.78 is 6.28. The Bertz CT molecular complexity index is 516. The Balaban J connectivity index is 0.000000921. The molecule has 6 nitrogen and oxygen atoms in total. The predicted octanol–water partition coefficient (Wildman–Crippen LogP) is 2.61. The number of ether oxygens (including phenoxy) is 1. The molecule has 0 aromatic carbocycles. The van der Waals surface area contributed by atoms with E-state index in [0.29, 0.717) is 11.3 Å². The zero-order valence-corrected chi connectivity index (χ0v) is 13.9. The van der Waals surface area contributed by atoms with Gasteiger partial charge in [-0.1, -0.05) is 27.7 Å². The zero-order chi connectivity index (χ0) is 16.4. The van der Waals surface area contributed by atoms with Gasteiger partial charge in [-0.15, -0.1) is 0 Å².